The number of hydrogen-bond donors (Lipinski definition) is 2. The van der Waals surface area contributed by atoms with Crippen LogP contribution in [0.2, 0.25) is 0 Å². The van der Waals surface area contributed by atoms with E-state index in [0.29, 0.717) is 6.54 Å². The topological polar surface area (TPSA) is 49.3 Å². The molecular formula is C9H11NO2S. The van der Waals surface area contributed by atoms with Crippen LogP contribution in [0.4, 0.5) is 0 Å². The van der Waals surface area contributed by atoms with Crippen molar-refractivity contribution in [1.29, 1.82) is 0 Å². The molecule has 1 rings (SSSR count). The summed E-state index contributed by atoms with van der Waals surface area (Å²) in [5, 5.41) is 11.2. The number of thiophene rings is 1. The highest BCUT2D eigenvalue weighted by atomic mass is 32.1. The molecule has 1 aromatic heterocycles. The molecule has 0 aromatic carbocycles. The third kappa shape index (κ3) is 3.75. The minimum atomic E-state index is -0.935. The Labute approximate surface area is 80.7 Å². The lowest BCUT2D eigenvalue weighted by Gasteiger charge is -1.95. The fourth-order valence-corrected chi connectivity index (χ4v) is 1.71. The second-order valence-electron chi connectivity index (χ2n) is 2.56. The molecule has 0 amide bonds. The van der Waals surface area contributed by atoms with Crippen molar-refractivity contribution in [2.45, 2.75) is 13.5 Å². The van der Waals surface area contributed by atoms with E-state index >= 15 is 0 Å². The molecule has 0 fully saturated rings. The average molecular weight is 197 g/mol. The zero-order valence-corrected chi connectivity index (χ0v) is 8.10. The van der Waals surface area contributed by atoms with Crippen LogP contribution < -0.4 is 5.32 Å². The van der Waals surface area contributed by atoms with Crippen LogP contribution in [0.25, 0.3) is 0 Å². The van der Waals surface area contributed by atoms with Crippen molar-refractivity contribution in [2.24, 2.45) is 0 Å². The summed E-state index contributed by atoms with van der Waals surface area (Å²) < 4.78 is 0. The van der Waals surface area contributed by atoms with Gasteiger partial charge in [-0.25, -0.2) is 4.79 Å². The van der Waals surface area contributed by atoms with Crippen molar-refractivity contribution in [3.8, 4) is 0 Å². The van der Waals surface area contributed by atoms with E-state index in [1.807, 2.05) is 19.1 Å². The molecule has 0 atom stereocenters. The number of rotatable bonds is 4. The van der Waals surface area contributed by atoms with Gasteiger partial charge in [-0.05, 0) is 19.1 Å². The molecule has 0 radical (unpaired) electrons. The summed E-state index contributed by atoms with van der Waals surface area (Å²) in [7, 11) is 0. The first-order chi connectivity index (χ1) is 6.18. The molecule has 0 spiro atoms. The van der Waals surface area contributed by atoms with Gasteiger partial charge in [-0.3, -0.25) is 0 Å². The molecule has 0 unspecified atom stereocenters. The Morgan fingerprint density at radius 1 is 1.69 bits per heavy atom. The van der Waals surface area contributed by atoms with Crippen molar-refractivity contribution in [3.63, 3.8) is 0 Å². The van der Waals surface area contributed by atoms with Gasteiger partial charge in [0, 0.05) is 28.6 Å². The third-order valence-corrected chi connectivity index (χ3v) is 2.42. The fourth-order valence-electron chi connectivity index (χ4n) is 0.870. The zero-order chi connectivity index (χ0) is 9.68. The molecule has 4 heteroatoms. The lowest BCUT2D eigenvalue weighted by atomic mass is 10.4. The molecule has 0 saturated carbocycles. The molecule has 1 heterocycles. The summed E-state index contributed by atoms with van der Waals surface area (Å²) in [4.78, 5) is 12.6. The van der Waals surface area contributed by atoms with E-state index in [9.17, 15) is 4.79 Å². The average Bonchev–Trinajstić information content (AvgIpc) is 2.45. The van der Waals surface area contributed by atoms with Crippen LogP contribution in [0.15, 0.2) is 24.4 Å². The molecule has 0 saturated heterocycles. The minimum Gasteiger partial charge on any atom is -0.478 e. The number of nitrogens with one attached hydrogen (secondary N) is 1. The van der Waals surface area contributed by atoms with Crippen LogP contribution in [0, 0.1) is 6.92 Å². The number of carboxylic acids is 1. The van der Waals surface area contributed by atoms with Gasteiger partial charge in [0.1, 0.15) is 0 Å². The number of aliphatic carboxylic acids is 1. The summed E-state index contributed by atoms with van der Waals surface area (Å²) >= 11 is 1.70. The Kier molecular flexibility index (Phi) is 3.52. The van der Waals surface area contributed by atoms with Crippen LogP contribution in [0.3, 0.4) is 0 Å². The molecule has 0 bridgehead atoms. The predicted molar refractivity (Wildman–Crippen MR) is 52.7 cm³/mol. The molecule has 0 aliphatic carbocycles. The molecule has 0 aliphatic rings. The largest absolute Gasteiger partial charge is 0.478 e. The molecule has 13 heavy (non-hydrogen) atoms. The summed E-state index contributed by atoms with van der Waals surface area (Å²) in [6.45, 7) is 2.73. The molecule has 1 aromatic rings. The monoisotopic (exact) mass is 197 g/mol. The fraction of sp³-hybridized carbons (Fsp3) is 0.222. The summed E-state index contributed by atoms with van der Waals surface area (Å²) in [5.74, 6) is -0.935. The summed E-state index contributed by atoms with van der Waals surface area (Å²) in [6, 6.07) is 4.07. The second-order valence-corrected chi connectivity index (χ2v) is 3.94. The van der Waals surface area contributed by atoms with Crippen LogP contribution in [0.1, 0.15) is 9.75 Å². The first kappa shape index (κ1) is 9.80. The van der Waals surface area contributed by atoms with Gasteiger partial charge in [0.15, 0.2) is 0 Å². The van der Waals surface area contributed by atoms with Crippen LogP contribution >= 0.6 is 11.3 Å². The van der Waals surface area contributed by atoms with Gasteiger partial charge in [-0.1, -0.05) is 0 Å². The van der Waals surface area contributed by atoms with Crippen LogP contribution in [0.5, 0.6) is 0 Å². The van der Waals surface area contributed by atoms with Gasteiger partial charge in [-0.15, -0.1) is 11.3 Å². The Balaban J connectivity index is 2.31. The predicted octanol–water partition coefficient (Wildman–Crippen LogP) is 1.74. The number of aryl methyl sites for hydroxylation is 1. The standard InChI is InChI=1S/C9H11NO2S/c1-7-2-3-8(13-7)6-10-5-4-9(11)12/h2-5,10H,6H2,1H3,(H,11,12)/b5-4+. The van der Waals surface area contributed by atoms with Crippen molar-refractivity contribution >= 4 is 17.3 Å². The van der Waals surface area contributed by atoms with Crippen molar-refractivity contribution < 1.29 is 9.90 Å². The maximum atomic E-state index is 10.1. The molecule has 70 valence electrons. The van der Waals surface area contributed by atoms with Gasteiger partial charge in [0.2, 0.25) is 0 Å². The van der Waals surface area contributed by atoms with Gasteiger partial charge in [0.25, 0.3) is 0 Å². The molecule has 0 aliphatic heterocycles. The Hall–Kier alpha value is -1.29. The van der Waals surface area contributed by atoms with Gasteiger partial charge in [0.05, 0.1) is 0 Å². The highest BCUT2D eigenvalue weighted by Gasteiger charge is 1.93. The van der Waals surface area contributed by atoms with E-state index in [1.54, 1.807) is 11.3 Å². The Morgan fingerprint density at radius 3 is 3.00 bits per heavy atom. The highest BCUT2D eigenvalue weighted by molar-refractivity contribution is 7.11. The first-order valence-corrected chi connectivity index (χ1v) is 4.68. The maximum Gasteiger partial charge on any atom is 0.329 e. The third-order valence-electron chi connectivity index (χ3n) is 1.42. The van der Waals surface area contributed by atoms with E-state index in [4.69, 9.17) is 5.11 Å². The molecule has 3 nitrogen and oxygen atoms in total. The van der Waals surface area contributed by atoms with Crippen LogP contribution in [-0.4, -0.2) is 11.1 Å². The number of hydrogen-bond acceptors (Lipinski definition) is 3. The Bertz CT molecular complexity index is 317. The van der Waals surface area contributed by atoms with E-state index < -0.39 is 5.97 Å². The molecular weight excluding hydrogens is 186 g/mol. The van der Waals surface area contributed by atoms with Crippen molar-refractivity contribution in [2.75, 3.05) is 0 Å². The van der Waals surface area contributed by atoms with Gasteiger partial charge >= 0.3 is 5.97 Å². The van der Waals surface area contributed by atoms with E-state index in [-0.39, 0.29) is 0 Å². The zero-order valence-electron chi connectivity index (χ0n) is 7.28. The quantitative estimate of drug-likeness (QED) is 0.723. The van der Waals surface area contributed by atoms with Crippen molar-refractivity contribution in [1.82, 2.24) is 5.32 Å². The first-order valence-electron chi connectivity index (χ1n) is 3.86. The van der Waals surface area contributed by atoms with Crippen molar-refractivity contribution in [3.05, 3.63) is 34.2 Å². The lowest BCUT2D eigenvalue weighted by Crippen LogP contribution is -2.03. The van der Waals surface area contributed by atoms with Gasteiger partial charge in [-0.2, -0.15) is 0 Å². The number of carboxylic acid groups (broad SMARTS) is 1. The van der Waals surface area contributed by atoms with E-state index in [2.05, 4.69) is 5.32 Å². The second kappa shape index (κ2) is 4.67. The normalized spacial score (nSPS) is 10.5. The maximum absolute atomic E-state index is 10.1. The van der Waals surface area contributed by atoms with E-state index in [0.717, 1.165) is 6.08 Å². The smallest absolute Gasteiger partial charge is 0.329 e. The lowest BCUT2D eigenvalue weighted by molar-refractivity contribution is -0.131. The summed E-state index contributed by atoms with van der Waals surface area (Å²) in [6.07, 6.45) is 2.53. The highest BCUT2D eigenvalue weighted by Crippen LogP contribution is 2.14. The van der Waals surface area contributed by atoms with Gasteiger partial charge < -0.3 is 10.4 Å². The molecule has 2 N–H and O–H groups in total. The number of carbonyl (C=O) groups is 1. The Morgan fingerprint density at radius 2 is 2.46 bits per heavy atom. The SMILES string of the molecule is Cc1ccc(CN/C=C/C(=O)O)s1. The van der Waals surface area contributed by atoms with Crippen LogP contribution in [-0.2, 0) is 11.3 Å². The summed E-state index contributed by atoms with van der Waals surface area (Å²) in [5.41, 5.74) is 0. The van der Waals surface area contributed by atoms with E-state index in [1.165, 1.54) is 16.0 Å². The minimum absolute atomic E-state index is 0.683.